The van der Waals surface area contributed by atoms with Crippen LogP contribution >= 0.6 is 0 Å². The van der Waals surface area contributed by atoms with E-state index in [9.17, 15) is 28.0 Å². The van der Waals surface area contributed by atoms with E-state index in [1.165, 1.54) is 12.1 Å². The van der Waals surface area contributed by atoms with E-state index in [1.807, 2.05) is 6.07 Å². The minimum atomic E-state index is -4.44. The number of aromatic nitrogens is 2. The largest absolute Gasteiger partial charge is 0.465 e. The zero-order valence-electron chi connectivity index (χ0n) is 25.0. The summed E-state index contributed by atoms with van der Waals surface area (Å²) in [5.74, 6) is -3.30. The van der Waals surface area contributed by atoms with Crippen LogP contribution in [0.25, 0.3) is 33.3 Å². The first kappa shape index (κ1) is 31.6. The summed E-state index contributed by atoms with van der Waals surface area (Å²) in [6, 6.07) is 16.8. The molecule has 0 bridgehead atoms. The standard InChI is InChI=1S/C34H28F3N5O4S/c1-19-10-12-24(13-11-19)47(45,46)42-18-27(25-14-21(35)15-28(36)32(25)42)31-26(17-38)29(20-6-3-2-4-7-20)30(37)33(41-31)39-22-8-5-9-23(16-22)40-34(43)44/h2-4,6-7,10-15,18,22-23,40H,5,8-9,16H2,1H3,(H,39,41)(H,43,44). The summed E-state index contributed by atoms with van der Waals surface area (Å²) in [5, 5.41) is 24.9. The van der Waals surface area contributed by atoms with Gasteiger partial charge in [0, 0.05) is 40.9 Å². The summed E-state index contributed by atoms with van der Waals surface area (Å²) in [7, 11) is -4.44. The van der Waals surface area contributed by atoms with E-state index in [1.54, 1.807) is 49.4 Å². The highest BCUT2D eigenvalue weighted by atomic mass is 32.2. The quantitative estimate of drug-likeness (QED) is 0.168. The van der Waals surface area contributed by atoms with Gasteiger partial charge in [-0.2, -0.15) is 5.26 Å². The maximum absolute atomic E-state index is 16.4. The number of nitrogens with one attached hydrogen (secondary N) is 2. The molecule has 9 nitrogen and oxygen atoms in total. The van der Waals surface area contributed by atoms with Gasteiger partial charge in [0.25, 0.3) is 10.0 Å². The van der Waals surface area contributed by atoms with Crippen molar-refractivity contribution >= 4 is 32.8 Å². The van der Waals surface area contributed by atoms with Crippen LogP contribution in [0.1, 0.15) is 36.8 Å². The van der Waals surface area contributed by atoms with E-state index in [2.05, 4.69) is 15.6 Å². The second kappa shape index (κ2) is 12.4. The average molecular weight is 660 g/mol. The zero-order valence-corrected chi connectivity index (χ0v) is 25.8. The number of benzene rings is 3. The first-order valence-corrected chi connectivity index (χ1v) is 16.2. The van der Waals surface area contributed by atoms with Gasteiger partial charge in [-0.3, -0.25) is 0 Å². The summed E-state index contributed by atoms with van der Waals surface area (Å²) in [5.41, 5.74) is -0.0844. The highest BCUT2D eigenvalue weighted by Crippen LogP contribution is 2.41. The molecule has 0 radical (unpaired) electrons. The number of hydrogen-bond donors (Lipinski definition) is 3. The number of aryl methyl sites for hydroxylation is 1. The van der Waals surface area contributed by atoms with Gasteiger partial charge >= 0.3 is 6.09 Å². The van der Waals surface area contributed by atoms with Crippen LogP contribution in [0.15, 0.2) is 77.8 Å². The molecule has 2 heterocycles. The molecule has 240 valence electrons. The van der Waals surface area contributed by atoms with Crippen LogP contribution in [0.3, 0.4) is 0 Å². The van der Waals surface area contributed by atoms with Crippen LogP contribution < -0.4 is 10.6 Å². The Hall–Kier alpha value is -5.35. The predicted octanol–water partition coefficient (Wildman–Crippen LogP) is 7.20. The third kappa shape index (κ3) is 5.99. The van der Waals surface area contributed by atoms with E-state index >= 15 is 8.78 Å². The Bertz CT molecular complexity index is 2160. The molecular weight excluding hydrogens is 631 g/mol. The summed E-state index contributed by atoms with van der Waals surface area (Å²) in [6.45, 7) is 1.78. The molecule has 1 saturated carbocycles. The molecular formula is C34H28F3N5O4S. The lowest BCUT2D eigenvalue weighted by Crippen LogP contribution is -2.41. The molecule has 5 aromatic rings. The van der Waals surface area contributed by atoms with E-state index in [-0.39, 0.29) is 44.5 Å². The Morgan fingerprint density at radius 2 is 1.74 bits per heavy atom. The van der Waals surface area contributed by atoms with Crippen molar-refractivity contribution in [1.29, 1.82) is 5.26 Å². The SMILES string of the molecule is Cc1ccc(S(=O)(=O)n2cc(-c3nc(NC4CCCC(NC(=O)O)C4)c(F)c(-c4ccccc4)c3C#N)c3cc(F)cc(F)c32)cc1. The Morgan fingerprint density at radius 3 is 2.43 bits per heavy atom. The van der Waals surface area contributed by atoms with E-state index in [4.69, 9.17) is 0 Å². The number of carbonyl (C=O) groups is 1. The number of pyridine rings is 1. The monoisotopic (exact) mass is 659 g/mol. The molecule has 2 atom stereocenters. The lowest BCUT2D eigenvalue weighted by atomic mass is 9.90. The second-order valence-electron chi connectivity index (χ2n) is 11.4. The van der Waals surface area contributed by atoms with E-state index < -0.39 is 45.1 Å². The highest BCUT2D eigenvalue weighted by molar-refractivity contribution is 7.90. The van der Waals surface area contributed by atoms with Crippen LogP contribution in [0, 0.1) is 35.7 Å². The van der Waals surface area contributed by atoms with Crippen molar-refractivity contribution in [3.05, 3.63) is 102 Å². The Balaban J connectivity index is 1.60. The van der Waals surface area contributed by atoms with Crippen molar-refractivity contribution in [1.82, 2.24) is 14.3 Å². The van der Waals surface area contributed by atoms with Gasteiger partial charge in [-0.15, -0.1) is 0 Å². The van der Waals surface area contributed by atoms with Crippen molar-refractivity contribution in [3.8, 4) is 28.5 Å². The van der Waals surface area contributed by atoms with Crippen LogP contribution in [0.4, 0.5) is 23.8 Å². The lowest BCUT2D eigenvalue weighted by molar-refractivity contribution is 0.185. The molecule has 6 rings (SSSR count). The first-order valence-electron chi connectivity index (χ1n) is 14.8. The van der Waals surface area contributed by atoms with Crippen molar-refractivity contribution < 1.29 is 31.5 Å². The van der Waals surface area contributed by atoms with E-state index in [0.29, 0.717) is 41.3 Å². The fourth-order valence-electron chi connectivity index (χ4n) is 6.11. The van der Waals surface area contributed by atoms with Crippen molar-refractivity contribution in [2.75, 3.05) is 5.32 Å². The van der Waals surface area contributed by atoms with Crippen molar-refractivity contribution in [3.63, 3.8) is 0 Å². The Morgan fingerprint density at radius 1 is 1.04 bits per heavy atom. The number of halogens is 3. The molecule has 0 spiro atoms. The summed E-state index contributed by atoms with van der Waals surface area (Å²) in [6.07, 6.45) is 2.02. The Labute approximate surface area is 268 Å². The van der Waals surface area contributed by atoms with Gasteiger partial charge in [-0.05, 0) is 56.4 Å². The third-order valence-electron chi connectivity index (χ3n) is 8.27. The number of nitriles is 1. The van der Waals surface area contributed by atoms with Crippen LogP contribution in [0.2, 0.25) is 0 Å². The minimum absolute atomic E-state index is 0.111. The first-order chi connectivity index (χ1) is 22.5. The molecule has 13 heteroatoms. The number of anilines is 1. The van der Waals surface area contributed by atoms with Crippen LogP contribution in [-0.4, -0.2) is 40.7 Å². The molecule has 2 aromatic heterocycles. The van der Waals surface area contributed by atoms with Gasteiger partial charge < -0.3 is 15.7 Å². The molecule has 3 aromatic carbocycles. The summed E-state index contributed by atoms with van der Waals surface area (Å²) in [4.78, 5) is 15.6. The maximum atomic E-state index is 16.4. The molecule has 0 aliphatic heterocycles. The molecule has 1 amide bonds. The molecule has 1 aliphatic rings. The lowest BCUT2D eigenvalue weighted by Gasteiger charge is -2.30. The number of carboxylic acid groups (broad SMARTS) is 1. The molecule has 2 unspecified atom stereocenters. The number of amides is 1. The smallest absolute Gasteiger partial charge is 0.404 e. The average Bonchev–Trinajstić information content (AvgIpc) is 3.42. The second-order valence-corrected chi connectivity index (χ2v) is 13.3. The van der Waals surface area contributed by atoms with Gasteiger partial charge in [0.15, 0.2) is 17.5 Å². The molecule has 1 fully saturated rings. The predicted molar refractivity (Wildman–Crippen MR) is 170 cm³/mol. The van der Waals surface area contributed by atoms with Crippen molar-refractivity contribution in [2.45, 2.75) is 49.6 Å². The molecule has 0 saturated heterocycles. The van der Waals surface area contributed by atoms with Gasteiger partial charge in [0.1, 0.15) is 17.4 Å². The van der Waals surface area contributed by atoms with Gasteiger partial charge in [0.05, 0.1) is 16.2 Å². The molecule has 47 heavy (non-hydrogen) atoms. The van der Waals surface area contributed by atoms with E-state index in [0.717, 1.165) is 17.8 Å². The number of nitrogens with zero attached hydrogens (tertiary/aromatic N) is 3. The van der Waals surface area contributed by atoms with Gasteiger partial charge in [0.2, 0.25) is 0 Å². The molecule has 3 N–H and O–H groups in total. The number of fused-ring (bicyclic) bond motifs is 1. The van der Waals surface area contributed by atoms with Crippen molar-refractivity contribution in [2.24, 2.45) is 0 Å². The third-order valence-corrected chi connectivity index (χ3v) is 9.95. The van der Waals surface area contributed by atoms with Gasteiger partial charge in [-0.25, -0.2) is 35.3 Å². The topological polar surface area (TPSA) is 137 Å². The number of hydrogen-bond acceptors (Lipinski definition) is 6. The zero-order chi connectivity index (χ0) is 33.5. The van der Waals surface area contributed by atoms with Crippen LogP contribution in [0.5, 0.6) is 0 Å². The minimum Gasteiger partial charge on any atom is -0.465 e. The normalized spacial score (nSPS) is 16.5. The fourth-order valence-corrected chi connectivity index (χ4v) is 7.48. The summed E-state index contributed by atoms with van der Waals surface area (Å²) >= 11 is 0. The fraction of sp³-hybridized carbons (Fsp3) is 0.206. The number of rotatable bonds is 7. The Kier molecular flexibility index (Phi) is 8.38. The molecule has 1 aliphatic carbocycles. The summed E-state index contributed by atoms with van der Waals surface area (Å²) < 4.78 is 75.2. The highest BCUT2D eigenvalue weighted by Gasteiger charge is 2.31. The van der Waals surface area contributed by atoms with Crippen LogP contribution in [-0.2, 0) is 10.0 Å². The van der Waals surface area contributed by atoms with Gasteiger partial charge in [-0.1, -0.05) is 48.0 Å². The maximum Gasteiger partial charge on any atom is 0.404 e.